The molecule has 0 spiro atoms. The first-order chi connectivity index (χ1) is 7.13. The van der Waals surface area contributed by atoms with Crippen molar-refractivity contribution in [2.24, 2.45) is 0 Å². The average molecular weight is 271 g/mol. The summed E-state index contributed by atoms with van der Waals surface area (Å²) < 4.78 is 4.88. The number of nitriles is 1. The Morgan fingerprint density at radius 3 is 2.73 bits per heavy atom. The second-order valence-corrected chi connectivity index (χ2v) is 3.25. The molecule has 0 amide bonds. The minimum absolute atomic E-state index is 0.103. The van der Waals surface area contributed by atoms with Gasteiger partial charge in [-0.15, -0.1) is 0 Å². The van der Waals surface area contributed by atoms with Gasteiger partial charge >= 0.3 is 5.69 Å². The van der Waals surface area contributed by atoms with Crippen LogP contribution in [0.1, 0.15) is 11.1 Å². The van der Waals surface area contributed by atoms with Crippen molar-refractivity contribution in [1.29, 1.82) is 5.26 Å². The molecule has 5 nitrogen and oxygen atoms in total. The van der Waals surface area contributed by atoms with E-state index in [1.807, 2.05) is 6.07 Å². The van der Waals surface area contributed by atoms with Gasteiger partial charge < -0.3 is 4.74 Å². The van der Waals surface area contributed by atoms with Crippen molar-refractivity contribution >= 4 is 21.6 Å². The van der Waals surface area contributed by atoms with Crippen LogP contribution in [0.4, 0.5) is 5.69 Å². The number of alkyl halides is 1. The van der Waals surface area contributed by atoms with Gasteiger partial charge in [0, 0.05) is 17.0 Å². The summed E-state index contributed by atoms with van der Waals surface area (Å²) in [6.07, 6.45) is 0. The van der Waals surface area contributed by atoms with Crippen molar-refractivity contribution in [3.05, 3.63) is 33.4 Å². The summed E-state index contributed by atoms with van der Waals surface area (Å²) in [6.45, 7) is 0. The quantitative estimate of drug-likeness (QED) is 0.480. The van der Waals surface area contributed by atoms with Crippen molar-refractivity contribution in [3.8, 4) is 11.8 Å². The molecule has 1 rings (SSSR count). The molecule has 0 aromatic heterocycles. The summed E-state index contributed by atoms with van der Waals surface area (Å²) >= 11 is 3.13. The first kappa shape index (κ1) is 11.5. The highest BCUT2D eigenvalue weighted by atomic mass is 79.9. The standard InChI is InChI=1S/C9H7BrN2O3/c1-15-8-3-6(5-11)2-7(4-10)9(8)12(13)14/h2-3H,4H2,1H3. The van der Waals surface area contributed by atoms with Gasteiger partial charge in [0.05, 0.1) is 23.7 Å². The van der Waals surface area contributed by atoms with E-state index >= 15 is 0 Å². The molecule has 0 fully saturated rings. The monoisotopic (exact) mass is 270 g/mol. The van der Waals surface area contributed by atoms with Crippen molar-refractivity contribution in [2.75, 3.05) is 7.11 Å². The molecule has 0 aliphatic carbocycles. The van der Waals surface area contributed by atoms with Crippen LogP contribution < -0.4 is 4.74 Å². The van der Waals surface area contributed by atoms with Crippen LogP contribution in [0, 0.1) is 21.4 Å². The first-order valence-electron chi connectivity index (χ1n) is 3.95. The predicted molar refractivity (Wildman–Crippen MR) is 57.0 cm³/mol. The lowest BCUT2D eigenvalue weighted by Crippen LogP contribution is -1.98. The summed E-state index contributed by atoms with van der Waals surface area (Å²) in [7, 11) is 1.33. The second kappa shape index (κ2) is 4.75. The minimum Gasteiger partial charge on any atom is -0.490 e. The molecule has 0 atom stereocenters. The Bertz CT molecular complexity index is 414. The molecule has 0 saturated heterocycles. The molecule has 0 aliphatic rings. The third-order valence-electron chi connectivity index (χ3n) is 1.83. The highest BCUT2D eigenvalue weighted by molar-refractivity contribution is 9.08. The molecule has 1 aromatic carbocycles. The number of methoxy groups -OCH3 is 1. The number of nitro benzene ring substituents is 1. The van der Waals surface area contributed by atoms with Gasteiger partial charge in [-0.25, -0.2) is 0 Å². The molecule has 0 bridgehead atoms. The first-order valence-corrected chi connectivity index (χ1v) is 5.07. The maximum Gasteiger partial charge on any atom is 0.314 e. The number of rotatable bonds is 3. The largest absolute Gasteiger partial charge is 0.490 e. The van der Waals surface area contributed by atoms with E-state index in [0.717, 1.165) is 0 Å². The zero-order chi connectivity index (χ0) is 11.4. The van der Waals surface area contributed by atoms with Gasteiger partial charge in [0.2, 0.25) is 0 Å². The molecular weight excluding hydrogens is 264 g/mol. The lowest BCUT2D eigenvalue weighted by atomic mass is 10.1. The van der Waals surface area contributed by atoms with E-state index in [4.69, 9.17) is 10.00 Å². The fourth-order valence-electron chi connectivity index (χ4n) is 1.19. The lowest BCUT2D eigenvalue weighted by molar-refractivity contribution is -0.386. The van der Waals surface area contributed by atoms with Gasteiger partial charge in [0.25, 0.3) is 0 Å². The number of ether oxygens (including phenoxy) is 1. The van der Waals surface area contributed by atoms with Gasteiger partial charge in [-0.05, 0) is 6.07 Å². The summed E-state index contributed by atoms with van der Waals surface area (Å²) in [4.78, 5) is 10.3. The summed E-state index contributed by atoms with van der Waals surface area (Å²) in [6, 6.07) is 4.74. The molecule has 1 aromatic rings. The van der Waals surface area contributed by atoms with Crippen LogP contribution in [0.15, 0.2) is 12.1 Å². The molecule has 0 unspecified atom stereocenters. The predicted octanol–water partition coefficient (Wildman–Crippen LogP) is 2.37. The minimum atomic E-state index is -0.517. The lowest BCUT2D eigenvalue weighted by Gasteiger charge is -2.05. The van der Waals surface area contributed by atoms with E-state index in [0.29, 0.717) is 16.5 Å². The van der Waals surface area contributed by atoms with E-state index in [9.17, 15) is 10.1 Å². The van der Waals surface area contributed by atoms with Crippen LogP contribution in [0.25, 0.3) is 0 Å². The van der Waals surface area contributed by atoms with E-state index in [1.165, 1.54) is 19.2 Å². The molecule has 0 saturated carbocycles. The van der Waals surface area contributed by atoms with Crippen LogP contribution in [0.3, 0.4) is 0 Å². The van der Waals surface area contributed by atoms with Crippen molar-refractivity contribution in [2.45, 2.75) is 5.33 Å². The summed E-state index contributed by atoms with van der Waals surface area (Å²) in [5.41, 5.74) is 0.663. The number of hydrogen-bond donors (Lipinski definition) is 0. The molecule has 0 N–H and O–H groups in total. The zero-order valence-electron chi connectivity index (χ0n) is 7.86. The average Bonchev–Trinajstić information content (AvgIpc) is 2.26. The van der Waals surface area contributed by atoms with E-state index < -0.39 is 4.92 Å². The number of nitro groups is 1. The summed E-state index contributed by atoms with van der Waals surface area (Å²) in [5, 5.41) is 19.8. The zero-order valence-corrected chi connectivity index (χ0v) is 9.44. The molecule has 15 heavy (non-hydrogen) atoms. The molecule has 0 aliphatic heterocycles. The molecule has 6 heteroatoms. The number of hydrogen-bond acceptors (Lipinski definition) is 4. The Hall–Kier alpha value is -1.61. The summed E-state index contributed by atoms with van der Waals surface area (Å²) in [5.74, 6) is 0.105. The Morgan fingerprint density at radius 1 is 1.67 bits per heavy atom. The molecule has 78 valence electrons. The molecule has 0 heterocycles. The Labute approximate surface area is 94.6 Å². The van der Waals surface area contributed by atoms with Crippen molar-refractivity contribution in [3.63, 3.8) is 0 Å². The van der Waals surface area contributed by atoms with Crippen LogP contribution in [-0.2, 0) is 5.33 Å². The third kappa shape index (κ3) is 2.25. The van der Waals surface area contributed by atoms with Crippen molar-refractivity contribution < 1.29 is 9.66 Å². The highest BCUT2D eigenvalue weighted by Gasteiger charge is 2.21. The van der Waals surface area contributed by atoms with Crippen molar-refractivity contribution in [1.82, 2.24) is 0 Å². The van der Waals surface area contributed by atoms with E-state index in [1.54, 1.807) is 0 Å². The van der Waals surface area contributed by atoms with Crippen LogP contribution >= 0.6 is 15.9 Å². The van der Waals surface area contributed by atoms with Crippen LogP contribution in [0.2, 0.25) is 0 Å². The number of halogens is 1. The van der Waals surface area contributed by atoms with Gasteiger partial charge in [-0.1, -0.05) is 15.9 Å². The molecule has 0 radical (unpaired) electrons. The van der Waals surface area contributed by atoms with Gasteiger partial charge in [0.15, 0.2) is 5.75 Å². The van der Waals surface area contributed by atoms with Crippen LogP contribution in [-0.4, -0.2) is 12.0 Å². The normalized spacial score (nSPS) is 9.40. The maximum atomic E-state index is 10.8. The van der Waals surface area contributed by atoms with Gasteiger partial charge in [0.1, 0.15) is 0 Å². The second-order valence-electron chi connectivity index (χ2n) is 2.69. The van der Waals surface area contributed by atoms with Crippen LogP contribution in [0.5, 0.6) is 5.75 Å². The van der Waals surface area contributed by atoms with E-state index in [2.05, 4.69) is 15.9 Å². The fourth-order valence-corrected chi connectivity index (χ4v) is 1.62. The Balaban J connectivity index is 3.48. The van der Waals surface area contributed by atoms with E-state index in [-0.39, 0.29) is 11.4 Å². The fraction of sp³-hybridized carbons (Fsp3) is 0.222. The Kier molecular flexibility index (Phi) is 3.63. The number of nitrogens with zero attached hydrogens (tertiary/aromatic N) is 2. The number of benzene rings is 1. The van der Waals surface area contributed by atoms with Gasteiger partial charge in [-0.2, -0.15) is 5.26 Å². The SMILES string of the molecule is COc1cc(C#N)cc(CBr)c1[N+](=O)[O-]. The topological polar surface area (TPSA) is 76.2 Å². The third-order valence-corrected chi connectivity index (χ3v) is 2.43. The maximum absolute atomic E-state index is 10.8. The highest BCUT2D eigenvalue weighted by Crippen LogP contribution is 2.33. The molecular formula is C9H7BrN2O3. The van der Waals surface area contributed by atoms with Gasteiger partial charge in [-0.3, -0.25) is 10.1 Å². The Morgan fingerprint density at radius 2 is 2.33 bits per heavy atom. The smallest absolute Gasteiger partial charge is 0.314 e.